The van der Waals surface area contributed by atoms with E-state index in [9.17, 15) is 18.3 Å². The van der Waals surface area contributed by atoms with Crippen molar-refractivity contribution in [1.29, 1.82) is 0 Å². The number of carbonyl (C=O) groups excluding carboxylic acids is 1. The predicted molar refractivity (Wildman–Crippen MR) is 62.8 cm³/mol. The van der Waals surface area contributed by atoms with Crippen LogP contribution in [0.2, 0.25) is 0 Å². The minimum atomic E-state index is -3.75. The van der Waals surface area contributed by atoms with Gasteiger partial charge in [-0.3, -0.25) is 4.79 Å². The van der Waals surface area contributed by atoms with Crippen LogP contribution in [-0.2, 0) is 14.6 Å². The smallest absolute Gasteiger partial charge is 0.247 e. The molecule has 1 fully saturated rings. The minimum Gasteiger partial charge on any atom is -0.391 e. The van der Waals surface area contributed by atoms with Crippen molar-refractivity contribution in [2.24, 2.45) is 5.92 Å². The summed E-state index contributed by atoms with van der Waals surface area (Å²) in [4.78, 5) is 12.0. The third-order valence-corrected chi connectivity index (χ3v) is 6.65. The lowest BCUT2D eigenvalue weighted by Gasteiger charge is -2.47. The molecule has 0 aromatic heterocycles. The van der Waals surface area contributed by atoms with Gasteiger partial charge in [0.05, 0.1) is 12.1 Å². The standard InChI is InChI=1S/C11H17NO4S/c1-5(2)9(13)11-8(12-10(11)14)6(3)7(4)17(11,15)16/h5,8-9,13H,1-4H3,(H,12,14)/t8-,9-,11-/m0/s1. The number of hydrogen-bond acceptors (Lipinski definition) is 4. The molecule has 1 amide bonds. The lowest BCUT2D eigenvalue weighted by Crippen LogP contribution is -2.78. The molecule has 0 aromatic rings. The summed E-state index contributed by atoms with van der Waals surface area (Å²) in [6.07, 6.45) is -1.18. The minimum absolute atomic E-state index is 0.209. The molecular weight excluding hydrogens is 242 g/mol. The molecule has 0 unspecified atom stereocenters. The van der Waals surface area contributed by atoms with Crippen LogP contribution in [0.15, 0.2) is 10.5 Å². The van der Waals surface area contributed by atoms with Crippen molar-refractivity contribution in [2.75, 3.05) is 0 Å². The number of sulfone groups is 1. The Kier molecular flexibility index (Phi) is 2.46. The Bertz CT molecular complexity index is 520. The molecule has 2 rings (SSSR count). The van der Waals surface area contributed by atoms with E-state index in [1.54, 1.807) is 20.8 Å². The Morgan fingerprint density at radius 3 is 2.24 bits per heavy atom. The number of aliphatic hydroxyl groups is 1. The number of aliphatic hydroxyl groups excluding tert-OH is 1. The topological polar surface area (TPSA) is 83.5 Å². The molecule has 0 aromatic carbocycles. The summed E-state index contributed by atoms with van der Waals surface area (Å²) >= 11 is 0. The van der Waals surface area contributed by atoms with Gasteiger partial charge in [0.25, 0.3) is 0 Å². The number of hydrogen-bond donors (Lipinski definition) is 2. The highest BCUT2D eigenvalue weighted by Crippen LogP contribution is 2.49. The van der Waals surface area contributed by atoms with Crippen molar-refractivity contribution < 1.29 is 18.3 Å². The average Bonchev–Trinajstić information content (AvgIpc) is 2.33. The Balaban J connectivity index is 2.65. The maximum absolute atomic E-state index is 12.4. The molecule has 3 atom stereocenters. The van der Waals surface area contributed by atoms with E-state index in [-0.39, 0.29) is 10.8 Å². The van der Waals surface area contributed by atoms with Gasteiger partial charge < -0.3 is 10.4 Å². The Hall–Kier alpha value is -0.880. The van der Waals surface area contributed by atoms with E-state index in [1.807, 2.05) is 0 Å². The quantitative estimate of drug-likeness (QED) is 0.682. The zero-order valence-corrected chi connectivity index (χ0v) is 11.1. The number of rotatable bonds is 2. The van der Waals surface area contributed by atoms with Gasteiger partial charge in [-0.25, -0.2) is 8.42 Å². The number of nitrogens with one attached hydrogen (secondary N) is 1. The molecule has 0 aliphatic carbocycles. The molecule has 2 aliphatic rings. The largest absolute Gasteiger partial charge is 0.391 e. The van der Waals surface area contributed by atoms with Crippen molar-refractivity contribution in [3.05, 3.63) is 10.5 Å². The van der Waals surface area contributed by atoms with E-state index < -0.39 is 32.6 Å². The first kappa shape index (κ1) is 12.6. The predicted octanol–water partition coefficient (Wildman–Crippen LogP) is -0.0372. The molecular formula is C11H17NO4S. The number of amides is 1. The summed E-state index contributed by atoms with van der Waals surface area (Å²) in [7, 11) is -3.75. The van der Waals surface area contributed by atoms with Crippen molar-refractivity contribution >= 4 is 15.7 Å². The summed E-state index contributed by atoms with van der Waals surface area (Å²) in [5, 5.41) is 12.8. The second-order valence-electron chi connectivity index (χ2n) is 5.13. The number of fused-ring (bicyclic) bond motifs is 1. The van der Waals surface area contributed by atoms with Crippen LogP contribution in [0.25, 0.3) is 0 Å². The summed E-state index contributed by atoms with van der Waals surface area (Å²) in [5.41, 5.74) is 0.629. The fourth-order valence-corrected chi connectivity index (χ4v) is 5.23. The lowest BCUT2D eigenvalue weighted by atomic mass is 9.77. The van der Waals surface area contributed by atoms with E-state index >= 15 is 0 Å². The first-order chi connectivity index (χ1) is 7.69. The highest BCUT2D eigenvalue weighted by atomic mass is 32.2. The van der Waals surface area contributed by atoms with Gasteiger partial charge in [-0.1, -0.05) is 13.8 Å². The summed E-state index contributed by atoms with van der Waals surface area (Å²) in [6.45, 7) is 6.60. The van der Waals surface area contributed by atoms with Crippen molar-refractivity contribution in [3.63, 3.8) is 0 Å². The highest BCUT2D eigenvalue weighted by molar-refractivity contribution is 7.98. The van der Waals surface area contributed by atoms with E-state index in [2.05, 4.69) is 5.32 Å². The monoisotopic (exact) mass is 259 g/mol. The molecule has 96 valence electrons. The third-order valence-electron chi connectivity index (χ3n) is 3.97. The number of allylic oxidation sites excluding steroid dienone is 1. The number of β-lactam (4-membered cyclic amide) rings is 1. The van der Waals surface area contributed by atoms with Crippen molar-refractivity contribution in [3.8, 4) is 0 Å². The van der Waals surface area contributed by atoms with Gasteiger partial charge in [-0.15, -0.1) is 0 Å². The highest BCUT2D eigenvalue weighted by Gasteiger charge is 2.73. The first-order valence-corrected chi connectivity index (χ1v) is 7.08. The molecule has 2 heterocycles. The zero-order chi connectivity index (χ0) is 13.2. The van der Waals surface area contributed by atoms with Crippen LogP contribution < -0.4 is 5.32 Å². The van der Waals surface area contributed by atoms with Gasteiger partial charge in [0.2, 0.25) is 10.7 Å². The average molecular weight is 259 g/mol. The fourth-order valence-electron chi connectivity index (χ4n) is 2.74. The fraction of sp³-hybridized carbons (Fsp3) is 0.727. The van der Waals surface area contributed by atoms with E-state index in [4.69, 9.17) is 0 Å². The Labute approximate surface area is 101 Å². The van der Waals surface area contributed by atoms with E-state index in [1.165, 1.54) is 6.92 Å². The van der Waals surface area contributed by atoms with Gasteiger partial charge in [0.15, 0.2) is 9.84 Å². The van der Waals surface area contributed by atoms with Gasteiger partial charge in [-0.2, -0.15) is 0 Å². The van der Waals surface area contributed by atoms with Gasteiger partial charge >= 0.3 is 0 Å². The normalized spacial score (nSPS) is 36.6. The molecule has 5 nitrogen and oxygen atoms in total. The van der Waals surface area contributed by atoms with Crippen LogP contribution in [0.1, 0.15) is 27.7 Å². The molecule has 2 aliphatic heterocycles. The maximum Gasteiger partial charge on any atom is 0.247 e. The summed E-state index contributed by atoms with van der Waals surface area (Å²) in [6, 6.07) is -0.572. The van der Waals surface area contributed by atoms with Gasteiger partial charge in [-0.05, 0) is 25.3 Å². The molecule has 1 saturated heterocycles. The second-order valence-corrected chi connectivity index (χ2v) is 7.43. The molecule has 0 radical (unpaired) electrons. The molecule has 17 heavy (non-hydrogen) atoms. The van der Waals surface area contributed by atoms with Gasteiger partial charge in [0, 0.05) is 4.91 Å². The summed E-state index contributed by atoms with van der Waals surface area (Å²) < 4.78 is 23.0. The molecule has 0 saturated carbocycles. The van der Waals surface area contributed by atoms with Crippen LogP contribution in [0.5, 0.6) is 0 Å². The van der Waals surface area contributed by atoms with Gasteiger partial charge in [0.1, 0.15) is 0 Å². The Morgan fingerprint density at radius 1 is 1.35 bits per heavy atom. The van der Waals surface area contributed by atoms with Crippen LogP contribution in [0.4, 0.5) is 0 Å². The molecule has 2 N–H and O–H groups in total. The summed E-state index contributed by atoms with van der Waals surface area (Å²) in [5.74, 6) is -0.878. The second kappa shape index (κ2) is 3.32. The molecule has 0 bridgehead atoms. The van der Waals surface area contributed by atoms with Crippen LogP contribution in [0, 0.1) is 5.92 Å². The Morgan fingerprint density at radius 2 is 1.88 bits per heavy atom. The molecule has 6 heteroatoms. The van der Waals surface area contributed by atoms with Crippen molar-refractivity contribution in [2.45, 2.75) is 44.6 Å². The SMILES string of the molecule is CC1=C(C)S(=O)(=O)[C@@]2([C@@H](O)C(C)C)C(=O)N[C@@H]12. The van der Waals surface area contributed by atoms with E-state index in [0.29, 0.717) is 5.57 Å². The zero-order valence-electron chi connectivity index (χ0n) is 10.3. The lowest BCUT2D eigenvalue weighted by molar-refractivity contribution is -0.137. The molecule has 0 spiro atoms. The van der Waals surface area contributed by atoms with Crippen molar-refractivity contribution in [1.82, 2.24) is 5.32 Å². The maximum atomic E-state index is 12.4. The number of carbonyl (C=O) groups is 1. The first-order valence-electron chi connectivity index (χ1n) is 5.60. The van der Waals surface area contributed by atoms with Crippen LogP contribution in [0.3, 0.4) is 0 Å². The van der Waals surface area contributed by atoms with E-state index in [0.717, 1.165) is 0 Å². The van der Waals surface area contributed by atoms with Crippen LogP contribution >= 0.6 is 0 Å². The van der Waals surface area contributed by atoms with Crippen LogP contribution in [-0.4, -0.2) is 36.3 Å². The third kappa shape index (κ3) is 1.12.